The summed E-state index contributed by atoms with van der Waals surface area (Å²) in [5.74, 6) is 1.52. The van der Waals surface area contributed by atoms with Crippen LogP contribution in [0.25, 0.3) is 0 Å². The minimum atomic E-state index is 0.216. The zero-order valence-corrected chi connectivity index (χ0v) is 12.0. The third-order valence-electron chi connectivity index (χ3n) is 3.03. The predicted molar refractivity (Wildman–Crippen MR) is 75.8 cm³/mol. The van der Waals surface area contributed by atoms with E-state index in [1.54, 1.807) is 14.2 Å². The Morgan fingerprint density at radius 1 is 1.22 bits per heavy atom. The van der Waals surface area contributed by atoms with E-state index >= 15 is 0 Å². The van der Waals surface area contributed by atoms with Crippen molar-refractivity contribution in [2.24, 2.45) is 5.73 Å². The van der Waals surface area contributed by atoms with Crippen molar-refractivity contribution in [2.75, 3.05) is 32.7 Å². The average Bonchev–Trinajstić information content (AvgIpc) is 2.35. The van der Waals surface area contributed by atoms with Gasteiger partial charge in [-0.15, -0.1) is 0 Å². The van der Waals surface area contributed by atoms with E-state index in [-0.39, 0.29) is 6.04 Å². The molecule has 0 saturated heterocycles. The van der Waals surface area contributed by atoms with E-state index in [0.29, 0.717) is 0 Å². The molecule has 0 saturated carbocycles. The van der Waals surface area contributed by atoms with Crippen molar-refractivity contribution >= 4 is 5.69 Å². The Labute approximate surface area is 110 Å². The summed E-state index contributed by atoms with van der Waals surface area (Å²) < 4.78 is 10.6. The quantitative estimate of drug-likeness (QED) is 0.843. The van der Waals surface area contributed by atoms with Crippen LogP contribution in [0.4, 0.5) is 5.69 Å². The van der Waals surface area contributed by atoms with Gasteiger partial charge in [0.2, 0.25) is 0 Å². The first-order valence-corrected chi connectivity index (χ1v) is 6.19. The number of nitrogens with zero attached hydrogens (tertiary/aromatic N) is 1. The summed E-state index contributed by atoms with van der Waals surface area (Å²) >= 11 is 0. The molecule has 0 heterocycles. The lowest BCUT2D eigenvalue weighted by Gasteiger charge is -2.23. The summed E-state index contributed by atoms with van der Waals surface area (Å²) in [6.45, 7) is 5.02. The van der Waals surface area contributed by atoms with E-state index in [1.807, 2.05) is 19.1 Å². The molecule has 102 valence electrons. The van der Waals surface area contributed by atoms with Crippen molar-refractivity contribution in [3.63, 3.8) is 0 Å². The van der Waals surface area contributed by atoms with Crippen LogP contribution in [-0.4, -0.2) is 33.9 Å². The van der Waals surface area contributed by atoms with E-state index in [4.69, 9.17) is 15.2 Å². The highest BCUT2D eigenvalue weighted by atomic mass is 16.5. The first-order valence-electron chi connectivity index (χ1n) is 6.19. The van der Waals surface area contributed by atoms with Crippen LogP contribution in [0.5, 0.6) is 11.5 Å². The Morgan fingerprint density at radius 2 is 1.78 bits per heavy atom. The van der Waals surface area contributed by atoms with Gasteiger partial charge in [0, 0.05) is 31.4 Å². The van der Waals surface area contributed by atoms with Gasteiger partial charge < -0.3 is 20.1 Å². The molecule has 4 nitrogen and oxygen atoms in total. The Morgan fingerprint density at radius 3 is 2.28 bits per heavy atom. The van der Waals surface area contributed by atoms with Gasteiger partial charge in [-0.2, -0.15) is 0 Å². The van der Waals surface area contributed by atoms with Crippen molar-refractivity contribution in [2.45, 2.75) is 26.3 Å². The lowest BCUT2D eigenvalue weighted by molar-refractivity contribution is 0.354. The second-order valence-corrected chi connectivity index (χ2v) is 4.68. The molecule has 18 heavy (non-hydrogen) atoms. The molecule has 0 aromatic heterocycles. The lowest BCUT2D eigenvalue weighted by atomic mass is 10.1. The molecule has 1 aromatic rings. The van der Waals surface area contributed by atoms with Crippen molar-refractivity contribution in [1.82, 2.24) is 0 Å². The van der Waals surface area contributed by atoms with Crippen molar-refractivity contribution in [3.8, 4) is 11.5 Å². The fourth-order valence-corrected chi connectivity index (χ4v) is 1.90. The molecule has 0 aliphatic carbocycles. The number of anilines is 1. The first kappa shape index (κ1) is 14.6. The highest BCUT2D eigenvalue weighted by Crippen LogP contribution is 2.34. The zero-order valence-electron chi connectivity index (χ0n) is 12.0. The second-order valence-electron chi connectivity index (χ2n) is 4.68. The molecule has 4 heteroatoms. The summed E-state index contributed by atoms with van der Waals surface area (Å²) in [6, 6.07) is 4.22. The first-order chi connectivity index (χ1) is 8.49. The number of hydrogen-bond acceptors (Lipinski definition) is 4. The van der Waals surface area contributed by atoms with Gasteiger partial charge in [-0.05, 0) is 31.9 Å². The standard InChI is InChI=1S/C14H24N2O2/c1-10-8-13(17-4)14(18-5)9-12(10)16(3)7-6-11(2)15/h8-9,11H,6-7,15H2,1-5H3. The molecule has 1 aromatic carbocycles. The molecule has 0 radical (unpaired) electrons. The number of rotatable bonds is 6. The summed E-state index contributed by atoms with van der Waals surface area (Å²) in [6.07, 6.45) is 0.963. The molecule has 0 fully saturated rings. The topological polar surface area (TPSA) is 47.7 Å². The van der Waals surface area contributed by atoms with Crippen molar-refractivity contribution in [3.05, 3.63) is 17.7 Å². The molecular weight excluding hydrogens is 228 g/mol. The van der Waals surface area contributed by atoms with Crippen LogP contribution >= 0.6 is 0 Å². The highest BCUT2D eigenvalue weighted by Gasteiger charge is 2.11. The van der Waals surface area contributed by atoms with Gasteiger partial charge in [-0.25, -0.2) is 0 Å². The molecule has 0 aliphatic heterocycles. The van der Waals surface area contributed by atoms with E-state index in [2.05, 4.69) is 18.9 Å². The minimum Gasteiger partial charge on any atom is -0.493 e. The summed E-state index contributed by atoms with van der Waals surface area (Å²) in [5, 5.41) is 0. The second kappa shape index (κ2) is 6.50. The SMILES string of the molecule is COc1cc(C)c(N(C)CCC(C)N)cc1OC. The molecule has 1 atom stereocenters. The van der Waals surface area contributed by atoms with Gasteiger partial charge in [0.1, 0.15) is 0 Å². The molecule has 0 spiro atoms. The predicted octanol–water partition coefficient (Wildman–Crippen LogP) is 2.19. The van der Waals surface area contributed by atoms with Crippen molar-refractivity contribution < 1.29 is 9.47 Å². The average molecular weight is 252 g/mol. The fourth-order valence-electron chi connectivity index (χ4n) is 1.90. The van der Waals surface area contributed by atoms with Crippen LogP contribution in [-0.2, 0) is 0 Å². The van der Waals surface area contributed by atoms with Crippen molar-refractivity contribution in [1.29, 1.82) is 0 Å². The Hall–Kier alpha value is -1.42. The molecule has 0 aliphatic rings. The van der Waals surface area contributed by atoms with Crippen LogP contribution in [0, 0.1) is 6.92 Å². The Kier molecular flexibility index (Phi) is 5.28. The summed E-state index contributed by atoms with van der Waals surface area (Å²) in [7, 11) is 5.37. The van der Waals surface area contributed by atoms with E-state index in [0.717, 1.165) is 30.2 Å². The number of aryl methyl sites for hydroxylation is 1. The minimum absolute atomic E-state index is 0.216. The van der Waals surface area contributed by atoms with Gasteiger partial charge in [0.05, 0.1) is 14.2 Å². The summed E-state index contributed by atoms with van der Waals surface area (Å²) in [4.78, 5) is 2.20. The number of hydrogen-bond donors (Lipinski definition) is 1. The number of methoxy groups -OCH3 is 2. The fraction of sp³-hybridized carbons (Fsp3) is 0.571. The molecule has 2 N–H and O–H groups in total. The zero-order chi connectivity index (χ0) is 13.7. The van der Waals surface area contributed by atoms with E-state index in [1.165, 1.54) is 5.56 Å². The number of benzene rings is 1. The number of nitrogens with two attached hydrogens (primary N) is 1. The maximum Gasteiger partial charge on any atom is 0.162 e. The largest absolute Gasteiger partial charge is 0.493 e. The van der Waals surface area contributed by atoms with E-state index in [9.17, 15) is 0 Å². The Balaban J connectivity index is 2.94. The third-order valence-corrected chi connectivity index (χ3v) is 3.03. The monoisotopic (exact) mass is 252 g/mol. The van der Waals surface area contributed by atoms with Gasteiger partial charge in [-0.3, -0.25) is 0 Å². The van der Waals surface area contributed by atoms with Gasteiger partial charge in [-0.1, -0.05) is 0 Å². The van der Waals surface area contributed by atoms with Crippen LogP contribution in [0.3, 0.4) is 0 Å². The van der Waals surface area contributed by atoms with E-state index < -0.39 is 0 Å². The van der Waals surface area contributed by atoms with Crippen LogP contribution < -0.4 is 20.1 Å². The van der Waals surface area contributed by atoms with Gasteiger partial charge in [0.25, 0.3) is 0 Å². The Bertz CT molecular complexity index is 392. The van der Waals surface area contributed by atoms with Crippen LogP contribution in [0.2, 0.25) is 0 Å². The van der Waals surface area contributed by atoms with Gasteiger partial charge >= 0.3 is 0 Å². The summed E-state index contributed by atoms with van der Waals surface area (Å²) in [5.41, 5.74) is 8.10. The smallest absolute Gasteiger partial charge is 0.162 e. The third kappa shape index (κ3) is 3.53. The molecule has 0 bridgehead atoms. The maximum atomic E-state index is 5.79. The highest BCUT2D eigenvalue weighted by molar-refractivity contribution is 5.61. The molecule has 1 rings (SSSR count). The molecule has 0 amide bonds. The van der Waals surface area contributed by atoms with Gasteiger partial charge in [0.15, 0.2) is 11.5 Å². The van der Waals surface area contributed by atoms with Crippen LogP contribution in [0.15, 0.2) is 12.1 Å². The van der Waals surface area contributed by atoms with Crippen LogP contribution in [0.1, 0.15) is 18.9 Å². The molecular formula is C14H24N2O2. The molecule has 1 unspecified atom stereocenters. The lowest BCUT2D eigenvalue weighted by Crippen LogP contribution is -2.26. The normalized spacial score (nSPS) is 12.1. The number of ether oxygens (including phenoxy) is 2. The maximum absolute atomic E-state index is 5.79.